The van der Waals surface area contributed by atoms with Gasteiger partial charge in [-0.25, -0.2) is 14.2 Å². The van der Waals surface area contributed by atoms with Crippen LogP contribution in [-0.4, -0.2) is 26.0 Å². The van der Waals surface area contributed by atoms with Gasteiger partial charge in [-0.2, -0.15) is 0 Å². The summed E-state index contributed by atoms with van der Waals surface area (Å²) in [7, 11) is 0. The molecule has 0 aliphatic heterocycles. The minimum Gasteiger partial charge on any atom is -0.321 e. The fourth-order valence-corrected chi connectivity index (χ4v) is 4.41. The minimum absolute atomic E-state index is 0.335. The van der Waals surface area contributed by atoms with Gasteiger partial charge in [0.05, 0.1) is 5.69 Å². The van der Waals surface area contributed by atoms with Crippen molar-refractivity contribution in [1.29, 1.82) is 0 Å². The van der Waals surface area contributed by atoms with E-state index in [9.17, 15) is 14.0 Å². The van der Waals surface area contributed by atoms with Gasteiger partial charge in [0.2, 0.25) is 0 Å². The number of carbonyl (C=O) groups excluding carboxylic acids is 1. The van der Waals surface area contributed by atoms with E-state index < -0.39 is 5.76 Å². The second kappa shape index (κ2) is 10.6. The number of imidazole rings is 1. The second-order valence-electron chi connectivity index (χ2n) is 8.76. The monoisotopic (exact) mass is 496 g/mol. The molecule has 5 aromatic rings. The Bertz CT molecular complexity index is 1580. The van der Waals surface area contributed by atoms with Gasteiger partial charge in [0.15, 0.2) is 12.1 Å². The minimum atomic E-state index is -0.606. The summed E-state index contributed by atoms with van der Waals surface area (Å²) in [6, 6.07) is 21.7. The topological polar surface area (TPSA) is 93.8 Å². The van der Waals surface area contributed by atoms with Crippen molar-refractivity contribution in [1.82, 2.24) is 19.7 Å². The molecule has 0 aliphatic rings. The Labute approximate surface area is 212 Å². The van der Waals surface area contributed by atoms with E-state index in [1.54, 1.807) is 12.1 Å². The molecule has 2 aromatic heterocycles. The number of aryl methyl sites for hydroxylation is 1. The van der Waals surface area contributed by atoms with E-state index in [-0.39, 0.29) is 5.82 Å². The van der Waals surface area contributed by atoms with Crippen molar-refractivity contribution >= 4 is 6.29 Å². The van der Waals surface area contributed by atoms with Gasteiger partial charge < -0.3 is 4.57 Å². The largest absolute Gasteiger partial charge is 0.439 e. The first-order chi connectivity index (χ1) is 18.1. The first-order valence-electron chi connectivity index (χ1n) is 12.1. The third kappa shape index (κ3) is 5.04. The third-order valence-electron chi connectivity index (χ3n) is 6.30. The fourth-order valence-electron chi connectivity index (χ4n) is 4.41. The number of H-pyrrole nitrogens is 1. The summed E-state index contributed by atoms with van der Waals surface area (Å²) in [5.74, 6) is 0.254. The van der Waals surface area contributed by atoms with Gasteiger partial charge in [-0.05, 0) is 47.4 Å². The number of carbonyl (C=O) groups is 1. The molecule has 0 amide bonds. The van der Waals surface area contributed by atoms with Crippen LogP contribution in [0, 0.1) is 5.82 Å². The maximum atomic E-state index is 13.5. The summed E-state index contributed by atoms with van der Waals surface area (Å²) in [5.41, 5.74) is 5.35. The van der Waals surface area contributed by atoms with Crippen molar-refractivity contribution in [3.63, 3.8) is 0 Å². The smallest absolute Gasteiger partial charge is 0.321 e. The highest BCUT2D eigenvalue weighted by molar-refractivity contribution is 5.84. The van der Waals surface area contributed by atoms with Crippen LogP contribution in [0.3, 0.4) is 0 Å². The molecule has 3 aromatic carbocycles. The Kier molecular flexibility index (Phi) is 6.89. The van der Waals surface area contributed by atoms with E-state index in [0.717, 1.165) is 53.6 Å². The highest BCUT2D eigenvalue weighted by Crippen LogP contribution is 2.30. The molecule has 8 heteroatoms. The lowest BCUT2D eigenvalue weighted by atomic mass is 9.98. The molecule has 0 aliphatic carbocycles. The number of aromatic nitrogens is 4. The number of nitrogens with one attached hydrogen (secondary N) is 1. The Morgan fingerprint density at radius 1 is 0.973 bits per heavy atom. The summed E-state index contributed by atoms with van der Waals surface area (Å²) in [5, 5.41) is 3.82. The predicted octanol–water partition coefficient (Wildman–Crippen LogP) is 5.90. The van der Waals surface area contributed by atoms with E-state index in [1.807, 2.05) is 53.1 Å². The van der Waals surface area contributed by atoms with E-state index in [4.69, 9.17) is 4.98 Å². The lowest BCUT2D eigenvalue weighted by Crippen LogP contribution is -2.09. The Morgan fingerprint density at radius 2 is 1.68 bits per heavy atom. The van der Waals surface area contributed by atoms with Crippen LogP contribution < -0.4 is 5.76 Å². The fraction of sp³-hybridized carbons (Fsp3) is 0.172. The SMILES string of the molecule is CCCCc1nc(-c2ccc(F)cc2)c(C=O)n1Cc1ccc(-c2ccccc2-c2noc(=O)[nH]2)cc1. The van der Waals surface area contributed by atoms with Crippen molar-refractivity contribution < 1.29 is 13.7 Å². The number of halogens is 1. The number of aldehydes is 1. The number of benzene rings is 3. The number of hydrogen-bond donors (Lipinski definition) is 1. The second-order valence-corrected chi connectivity index (χ2v) is 8.76. The van der Waals surface area contributed by atoms with Crippen LogP contribution in [-0.2, 0) is 13.0 Å². The predicted molar refractivity (Wildman–Crippen MR) is 139 cm³/mol. The molecule has 0 radical (unpaired) electrons. The molecule has 5 rings (SSSR count). The van der Waals surface area contributed by atoms with Crippen LogP contribution in [0.15, 0.2) is 82.1 Å². The number of nitrogens with zero attached hydrogens (tertiary/aromatic N) is 3. The number of unbranched alkanes of at least 4 members (excludes halogenated alkanes) is 1. The Morgan fingerprint density at radius 3 is 2.32 bits per heavy atom. The molecule has 0 spiro atoms. The number of aromatic amines is 1. The highest BCUT2D eigenvalue weighted by Gasteiger charge is 2.19. The maximum Gasteiger partial charge on any atom is 0.439 e. The summed E-state index contributed by atoms with van der Waals surface area (Å²) in [6.45, 7) is 2.58. The molecule has 0 unspecified atom stereocenters. The van der Waals surface area contributed by atoms with Crippen LogP contribution in [0.4, 0.5) is 4.39 Å². The van der Waals surface area contributed by atoms with E-state index in [2.05, 4.69) is 21.6 Å². The highest BCUT2D eigenvalue weighted by atomic mass is 19.1. The first-order valence-corrected chi connectivity index (χ1v) is 12.1. The number of rotatable bonds is 9. The Hall–Kier alpha value is -4.59. The molecule has 0 atom stereocenters. The third-order valence-corrected chi connectivity index (χ3v) is 6.30. The average Bonchev–Trinajstić information content (AvgIpc) is 3.51. The lowest BCUT2D eigenvalue weighted by Gasteiger charge is -2.12. The zero-order chi connectivity index (χ0) is 25.8. The molecule has 7 nitrogen and oxygen atoms in total. The molecule has 37 heavy (non-hydrogen) atoms. The molecule has 186 valence electrons. The normalized spacial score (nSPS) is 11.1. The van der Waals surface area contributed by atoms with Gasteiger partial charge in [0.25, 0.3) is 0 Å². The van der Waals surface area contributed by atoms with Crippen molar-refractivity contribution in [2.75, 3.05) is 0 Å². The van der Waals surface area contributed by atoms with E-state index >= 15 is 0 Å². The molecule has 1 N–H and O–H groups in total. The van der Waals surface area contributed by atoms with Crippen LogP contribution >= 0.6 is 0 Å². The van der Waals surface area contributed by atoms with Gasteiger partial charge in [0.1, 0.15) is 17.3 Å². The molecule has 0 bridgehead atoms. The van der Waals surface area contributed by atoms with Crippen LogP contribution in [0.1, 0.15) is 41.6 Å². The van der Waals surface area contributed by atoms with E-state index in [1.165, 1.54) is 12.1 Å². The van der Waals surface area contributed by atoms with E-state index in [0.29, 0.717) is 29.3 Å². The van der Waals surface area contributed by atoms with Crippen molar-refractivity contribution in [2.24, 2.45) is 0 Å². The lowest BCUT2D eigenvalue weighted by molar-refractivity contribution is 0.111. The van der Waals surface area contributed by atoms with Crippen molar-refractivity contribution in [2.45, 2.75) is 32.7 Å². The molecular weight excluding hydrogens is 471 g/mol. The molecule has 2 heterocycles. The van der Waals surface area contributed by atoms with Crippen LogP contribution in [0.25, 0.3) is 33.8 Å². The molecular formula is C29H25FN4O3. The van der Waals surface area contributed by atoms with Crippen molar-refractivity contribution in [3.8, 4) is 33.8 Å². The van der Waals surface area contributed by atoms with Crippen molar-refractivity contribution in [3.05, 3.63) is 106 Å². The summed E-state index contributed by atoms with van der Waals surface area (Å²) >= 11 is 0. The standard InChI is InChI=1S/C29H25FN4O3/c1-2-3-8-26-31-27(21-13-15-22(30)16-14-21)25(18-35)34(26)17-19-9-11-20(12-10-19)23-6-4-5-7-24(23)28-32-29(36)37-33-28/h4-7,9-16,18H,2-3,8,17H2,1H3,(H,32,33,36). The quantitative estimate of drug-likeness (QED) is 0.256. The first kappa shape index (κ1) is 24.1. The summed E-state index contributed by atoms with van der Waals surface area (Å²) in [4.78, 5) is 31.0. The Balaban J connectivity index is 1.49. The van der Waals surface area contributed by atoms with Gasteiger partial charge >= 0.3 is 5.76 Å². The zero-order valence-electron chi connectivity index (χ0n) is 20.3. The summed E-state index contributed by atoms with van der Waals surface area (Å²) in [6.07, 6.45) is 3.50. The van der Waals surface area contributed by atoms with Crippen LogP contribution in [0.5, 0.6) is 0 Å². The summed E-state index contributed by atoms with van der Waals surface area (Å²) < 4.78 is 20.1. The van der Waals surface area contributed by atoms with Gasteiger partial charge in [0, 0.05) is 24.1 Å². The van der Waals surface area contributed by atoms with Gasteiger partial charge in [-0.15, -0.1) is 0 Å². The van der Waals surface area contributed by atoms with Gasteiger partial charge in [-0.3, -0.25) is 14.3 Å². The van der Waals surface area contributed by atoms with Gasteiger partial charge in [-0.1, -0.05) is 67.0 Å². The molecule has 0 fully saturated rings. The van der Waals surface area contributed by atoms with Crippen LogP contribution in [0.2, 0.25) is 0 Å². The molecule has 0 saturated heterocycles. The zero-order valence-corrected chi connectivity index (χ0v) is 20.3. The molecule has 0 saturated carbocycles. The average molecular weight is 497 g/mol. The maximum absolute atomic E-state index is 13.5. The number of hydrogen-bond acceptors (Lipinski definition) is 5.